The molecular weight excluding hydrogens is 345 g/mol. The van der Waals surface area contributed by atoms with Crippen molar-refractivity contribution in [3.05, 3.63) is 18.5 Å². The van der Waals surface area contributed by atoms with Crippen molar-refractivity contribution in [2.45, 2.75) is 12.8 Å². The molecular formula is C16H22N3O5P. The highest BCUT2D eigenvalue weighted by molar-refractivity contribution is 7.39. The Labute approximate surface area is 147 Å². The quantitative estimate of drug-likeness (QED) is 0.749. The van der Waals surface area contributed by atoms with E-state index < -0.39 is 8.60 Å². The Morgan fingerprint density at radius 1 is 1.12 bits per heavy atom. The monoisotopic (exact) mass is 367 g/mol. The molecule has 1 fully saturated rings. The average molecular weight is 367 g/mol. The van der Waals surface area contributed by atoms with Crippen LogP contribution in [0, 0.1) is 5.92 Å². The fraction of sp³-hybridized carbons (Fsp3) is 0.500. The Morgan fingerprint density at radius 3 is 2.44 bits per heavy atom. The summed E-state index contributed by atoms with van der Waals surface area (Å²) in [4.78, 5) is 28.8. The standard InChI is InChI=1S/C16H22N3O5P/c1-22-14-7-12-13(8-15(14)23-2)17-10-18-16(12)19-5-3-11(4-6-19)9-24-25(20)21/h7-8,10-11,20-21H,3-6,9H2,1-2H3. The van der Waals surface area contributed by atoms with Crippen molar-refractivity contribution in [3.63, 3.8) is 0 Å². The van der Waals surface area contributed by atoms with Crippen molar-refractivity contribution in [2.24, 2.45) is 5.92 Å². The van der Waals surface area contributed by atoms with Gasteiger partial charge in [-0.15, -0.1) is 0 Å². The number of aromatic nitrogens is 2. The molecule has 2 N–H and O–H groups in total. The second-order valence-electron chi connectivity index (χ2n) is 5.90. The maximum absolute atomic E-state index is 8.87. The lowest BCUT2D eigenvalue weighted by atomic mass is 9.97. The van der Waals surface area contributed by atoms with Gasteiger partial charge in [-0.1, -0.05) is 0 Å². The summed E-state index contributed by atoms with van der Waals surface area (Å²) >= 11 is 0. The lowest BCUT2D eigenvalue weighted by Crippen LogP contribution is -2.35. The van der Waals surface area contributed by atoms with Gasteiger partial charge >= 0.3 is 8.60 Å². The third kappa shape index (κ3) is 4.10. The van der Waals surface area contributed by atoms with Gasteiger partial charge in [0.2, 0.25) is 0 Å². The van der Waals surface area contributed by atoms with E-state index in [1.165, 1.54) is 0 Å². The number of hydrogen-bond donors (Lipinski definition) is 2. The highest BCUT2D eigenvalue weighted by Crippen LogP contribution is 2.36. The molecule has 0 spiro atoms. The van der Waals surface area contributed by atoms with Crippen LogP contribution in [0.4, 0.5) is 5.82 Å². The maximum atomic E-state index is 8.87. The third-order valence-electron chi connectivity index (χ3n) is 4.46. The van der Waals surface area contributed by atoms with E-state index in [1.807, 2.05) is 12.1 Å². The van der Waals surface area contributed by atoms with E-state index in [0.29, 0.717) is 24.0 Å². The summed E-state index contributed by atoms with van der Waals surface area (Å²) in [7, 11) is 0.933. The van der Waals surface area contributed by atoms with E-state index in [-0.39, 0.29) is 0 Å². The summed E-state index contributed by atoms with van der Waals surface area (Å²) in [6.07, 6.45) is 3.37. The minimum atomic E-state index is -2.27. The normalized spacial score (nSPS) is 15.8. The zero-order valence-corrected chi connectivity index (χ0v) is 15.1. The summed E-state index contributed by atoms with van der Waals surface area (Å²) < 4.78 is 15.7. The molecule has 0 unspecified atom stereocenters. The first-order valence-electron chi connectivity index (χ1n) is 8.05. The van der Waals surface area contributed by atoms with Crippen molar-refractivity contribution < 1.29 is 23.8 Å². The number of benzene rings is 1. The molecule has 1 aromatic heterocycles. The molecule has 2 heterocycles. The molecule has 136 valence electrons. The van der Waals surface area contributed by atoms with E-state index in [0.717, 1.165) is 42.7 Å². The summed E-state index contributed by atoms with van der Waals surface area (Å²) in [5.74, 6) is 2.48. The summed E-state index contributed by atoms with van der Waals surface area (Å²) in [6.45, 7) is 2.02. The number of piperidine rings is 1. The second-order valence-corrected chi connectivity index (χ2v) is 6.66. The fourth-order valence-corrected chi connectivity index (χ4v) is 3.45. The highest BCUT2D eigenvalue weighted by Gasteiger charge is 2.23. The Morgan fingerprint density at radius 2 is 1.80 bits per heavy atom. The minimum Gasteiger partial charge on any atom is -0.493 e. The van der Waals surface area contributed by atoms with E-state index >= 15 is 0 Å². The predicted molar refractivity (Wildman–Crippen MR) is 94.9 cm³/mol. The molecule has 1 aliphatic heterocycles. The Balaban J connectivity index is 1.80. The SMILES string of the molecule is COc1cc2ncnc(N3CCC(COP(O)O)CC3)c2cc1OC. The fourth-order valence-electron chi connectivity index (χ4n) is 3.10. The van der Waals surface area contributed by atoms with Crippen LogP contribution in [0.3, 0.4) is 0 Å². The molecule has 9 heteroatoms. The average Bonchev–Trinajstić information content (AvgIpc) is 2.65. The first-order valence-corrected chi connectivity index (χ1v) is 9.21. The smallest absolute Gasteiger partial charge is 0.327 e. The molecule has 0 amide bonds. The van der Waals surface area contributed by atoms with Gasteiger partial charge in [0.15, 0.2) is 11.5 Å². The zero-order chi connectivity index (χ0) is 17.8. The van der Waals surface area contributed by atoms with Crippen molar-refractivity contribution in [1.29, 1.82) is 0 Å². The van der Waals surface area contributed by atoms with Gasteiger partial charge in [0.05, 0.1) is 26.3 Å². The topological polar surface area (TPSA) is 97.2 Å². The number of hydrogen-bond acceptors (Lipinski definition) is 8. The van der Waals surface area contributed by atoms with Crippen LogP contribution in [0.5, 0.6) is 11.5 Å². The van der Waals surface area contributed by atoms with Gasteiger partial charge in [0, 0.05) is 24.5 Å². The lowest BCUT2D eigenvalue weighted by Gasteiger charge is -2.33. The molecule has 8 nitrogen and oxygen atoms in total. The van der Waals surface area contributed by atoms with Crippen LogP contribution < -0.4 is 14.4 Å². The molecule has 0 bridgehead atoms. The van der Waals surface area contributed by atoms with Gasteiger partial charge in [-0.3, -0.25) is 0 Å². The summed E-state index contributed by atoms with van der Waals surface area (Å²) in [5, 5.41) is 0.920. The van der Waals surface area contributed by atoms with Crippen LogP contribution in [0.1, 0.15) is 12.8 Å². The molecule has 0 aliphatic carbocycles. The summed E-state index contributed by atoms with van der Waals surface area (Å²) in [5.41, 5.74) is 0.805. The van der Waals surface area contributed by atoms with Crippen LogP contribution in [0.2, 0.25) is 0 Å². The van der Waals surface area contributed by atoms with Crippen molar-refractivity contribution in [3.8, 4) is 11.5 Å². The van der Waals surface area contributed by atoms with Crippen LogP contribution >= 0.6 is 8.60 Å². The molecule has 0 radical (unpaired) electrons. The van der Waals surface area contributed by atoms with Crippen LogP contribution in [-0.2, 0) is 4.52 Å². The minimum absolute atomic E-state index is 0.322. The van der Waals surface area contributed by atoms with E-state index in [9.17, 15) is 0 Å². The molecule has 1 aliphatic rings. The Kier molecular flexibility index (Phi) is 5.86. The van der Waals surface area contributed by atoms with Crippen LogP contribution in [0.25, 0.3) is 10.9 Å². The van der Waals surface area contributed by atoms with E-state index in [4.69, 9.17) is 23.8 Å². The zero-order valence-electron chi connectivity index (χ0n) is 14.3. The Hall–Kier alpha value is -1.73. The number of anilines is 1. The van der Waals surface area contributed by atoms with Gasteiger partial charge in [-0.25, -0.2) is 9.97 Å². The van der Waals surface area contributed by atoms with Gasteiger partial charge in [-0.05, 0) is 24.8 Å². The largest absolute Gasteiger partial charge is 0.493 e. The van der Waals surface area contributed by atoms with Gasteiger partial charge in [-0.2, -0.15) is 0 Å². The van der Waals surface area contributed by atoms with Crippen LogP contribution in [-0.4, -0.2) is 53.7 Å². The number of rotatable bonds is 6. The number of ether oxygens (including phenoxy) is 2. The molecule has 1 saturated heterocycles. The number of nitrogens with zero attached hydrogens (tertiary/aromatic N) is 3. The first kappa shape index (κ1) is 18.1. The van der Waals surface area contributed by atoms with Crippen LogP contribution in [0.15, 0.2) is 18.5 Å². The molecule has 3 rings (SSSR count). The number of fused-ring (bicyclic) bond motifs is 1. The van der Waals surface area contributed by atoms with Crippen molar-refractivity contribution in [2.75, 3.05) is 38.8 Å². The highest BCUT2D eigenvalue weighted by atomic mass is 31.2. The third-order valence-corrected chi connectivity index (χ3v) is 4.84. The number of methoxy groups -OCH3 is 2. The molecule has 25 heavy (non-hydrogen) atoms. The lowest BCUT2D eigenvalue weighted by molar-refractivity contribution is 0.194. The van der Waals surface area contributed by atoms with E-state index in [2.05, 4.69) is 14.9 Å². The molecule has 0 atom stereocenters. The van der Waals surface area contributed by atoms with E-state index in [1.54, 1.807) is 20.5 Å². The first-order chi connectivity index (χ1) is 12.1. The second kappa shape index (κ2) is 8.10. The van der Waals surface area contributed by atoms with Gasteiger partial charge < -0.3 is 28.7 Å². The molecule has 1 aromatic carbocycles. The van der Waals surface area contributed by atoms with Gasteiger partial charge in [0.1, 0.15) is 12.1 Å². The molecule has 0 saturated carbocycles. The van der Waals surface area contributed by atoms with Crippen molar-refractivity contribution in [1.82, 2.24) is 9.97 Å². The Bertz CT molecular complexity index is 722. The predicted octanol–water partition coefficient (Wildman–Crippen LogP) is 2.09. The summed E-state index contributed by atoms with van der Waals surface area (Å²) in [6, 6.07) is 3.76. The van der Waals surface area contributed by atoms with Gasteiger partial charge in [0.25, 0.3) is 0 Å². The van der Waals surface area contributed by atoms with Crippen molar-refractivity contribution >= 4 is 25.3 Å². The molecule has 2 aromatic rings. The maximum Gasteiger partial charge on any atom is 0.327 e.